The number of para-hydroxylation sites is 1. The number of carbonyl (C=O) groups excluding carboxylic acids is 1. The molecule has 0 aliphatic heterocycles. The van der Waals surface area contributed by atoms with Gasteiger partial charge in [-0.2, -0.15) is 0 Å². The second-order valence-corrected chi connectivity index (χ2v) is 6.45. The van der Waals surface area contributed by atoms with Gasteiger partial charge in [-0.25, -0.2) is 4.39 Å². The van der Waals surface area contributed by atoms with E-state index < -0.39 is 0 Å². The number of amides is 1. The molecule has 3 rings (SSSR count). The third kappa shape index (κ3) is 3.91. The van der Waals surface area contributed by atoms with Gasteiger partial charge in [0.1, 0.15) is 11.4 Å². The van der Waals surface area contributed by atoms with Gasteiger partial charge < -0.3 is 14.5 Å². The summed E-state index contributed by atoms with van der Waals surface area (Å²) in [5.74, 6) is -0.327. The molecule has 0 atom stereocenters. The Kier molecular flexibility index (Phi) is 5.50. The number of carbonyl (C=O) groups is 1. The lowest BCUT2D eigenvalue weighted by molar-refractivity contribution is 0.0922. The molecule has 0 radical (unpaired) electrons. The third-order valence-corrected chi connectivity index (χ3v) is 4.48. The molecule has 2 aromatic carbocycles. The number of rotatable bonds is 6. The monoisotopic (exact) mass is 405 g/mol. The predicted molar refractivity (Wildman–Crippen MR) is 97.1 cm³/mol. The van der Waals surface area contributed by atoms with Gasteiger partial charge in [0, 0.05) is 24.6 Å². The normalized spacial score (nSPS) is 11.0. The van der Waals surface area contributed by atoms with Crippen molar-refractivity contribution < 1.29 is 18.3 Å². The van der Waals surface area contributed by atoms with Crippen molar-refractivity contribution in [1.82, 2.24) is 5.32 Å². The van der Waals surface area contributed by atoms with Crippen molar-refractivity contribution in [1.29, 1.82) is 0 Å². The van der Waals surface area contributed by atoms with E-state index in [-0.39, 0.29) is 17.5 Å². The van der Waals surface area contributed by atoms with Gasteiger partial charge >= 0.3 is 0 Å². The Bertz CT molecular complexity index is 907. The van der Waals surface area contributed by atoms with Crippen molar-refractivity contribution in [3.8, 4) is 0 Å². The first-order valence-electron chi connectivity index (χ1n) is 7.81. The molecule has 1 N–H and O–H groups in total. The Morgan fingerprint density at radius 2 is 2.08 bits per heavy atom. The predicted octanol–water partition coefficient (Wildman–Crippen LogP) is 4.45. The molecule has 0 spiro atoms. The number of methoxy groups -OCH3 is 1. The van der Waals surface area contributed by atoms with Gasteiger partial charge in [0.15, 0.2) is 5.76 Å². The lowest BCUT2D eigenvalue weighted by Gasteiger charge is -2.06. The second-order valence-electron chi connectivity index (χ2n) is 5.59. The molecule has 130 valence electrons. The largest absolute Gasteiger partial charge is 0.451 e. The molecule has 4 nitrogen and oxygen atoms in total. The van der Waals surface area contributed by atoms with E-state index >= 15 is 0 Å². The van der Waals surface area contributed by atoms with Crippen LogP contribution < -0.4 is 5.32 Å². The number of halogens is 2. The molecule has 3 aromatic rings. The summed E-state index contributed by atoms with van der Waals surface area (Å²) in [5.41, 5.74) is 2.32. The van der Waals surface area contributed by atoms with Gasteiger partial charge in [0.25, 0.3) is 5.91 Å². The van der Waals surface area contributed by atoms with Crippen LogP contribution in [0, 0.1) is 5.82 Å². The topological polar surface area (TPSA) is 51.5 Å². The van der Waals surface area contributed by atoms with Crippen LogP contribution in [0.4, 0.5) is 4.39 Å². The van der Waals surface area contributed by atoms with Crippen LogP contribution in [0.25, 0.3) is 11.0 Å². The Morgan fingerprint density at radius 3 is 2.84 bits per heavy atom. The minimum atomic E-state index is -0.306. The Labute approximate surface area is 153 Å². The summed E-state index contributed by atoms with van der Waals surface area (Å²) in [7, 11) is 1.58. The molecular formula is C19H17BrFNO3. The minimum Gasteiger partial charge on any atom is -0.451 e. The highest BCUT2D eigenvalue weighted by atomic mass is 79.9. The van der Waals surface area contributed by atoms with Crippen molar-refractivity contribution in [2.75, 3.05) is 13.7 Å². The van der Waals surface area contributed by atoms with Crippen LogP contribution in [-0.2, 0) is 17.8 Å². The van der Waals surface area contributed by atoms with Gasteiger partial charge in [-0.1, -0.05) is 24.3 Å². The molecular weight excluding hydrogens is 389 g/mol. The molecule has 25 heavy (non-hydrogen) atoms. The summed E-state index contributed by atoms with van der Waals surface area (Å²) in [5, 5.41) is 3.72. The van der Waals surface area contributed by atoms with Crippen LogP contribution in [0.3, 0.4) is 0 Å². The number of ether oxygens (including phenoxy) is 1. The van der Waals surface area contributed by atoms with Crippen molar-refractivity contribution in [2.24, 2.45) is 0 Å². The molecule has 1 heterocycles. The number of hydrogen-bond acceptors (Lipinski definition) is 3. The van der Waals surface area contributed by atoms with Gasteiger partial charge in [-0.3, -0.25) is 4.79 Å². The van der Waals surface area contributed by atoms with E-state index in [1.54, 1.807) is 19.2 Å². The van der Waals surface area contributed by atoms with E-state index in [9.17, 15) is 9.18 Å². The summed E-state index contributed by atoms with van der Waals surface area (Å²) in [6, 6.07) is 12.3. The smallest absolute Gasteiger partial charge is 0.287 e. The lowest BCUT2D eigenvalue weighted by atomic mass is 10.1. The number of furan rings is 1. The maximum absolute atomic E-state index is 13.2. The highest BCUT2D eigenvalue weighted by molar-refractivity contribution is 9.10. The molecule has 0 saturated carbocycles. The number of benzene rings is 2. The van der Waals surface area contributed by atoms with E-state index in [4.69, 9.17) is 9.15 Å². The minimum absolute atomic E-state index is 0.267. The molecule has 6 heteroatoms. The quantitative estimate of drug-likeness (QED) is 0.658. The van der Waals surface area contributed by atoms with Crippen molar-refractivity contribution in [3.05, 3.63) is 69.6 Å². The lowest BCUT2D eigenvalue weighted by Crippen LogP contribution is -2.26. The standard InChI is InChI=1S/C19H17BrFNO3/c1-24-11-14-13-4-2-3-5-17(13)25-18(14)19(23)22-9-8-12-6-7-16(21)15(20)10-12/h2-7,10H,8-9,11H2,1H3,(H,22,23). The highest BCUT2D eigenvalue weighted by Crippen LogP contribution is 2.26. The van der Waals surface area contributed by atoms with Gasteiger partial charge in [0.2, 0.25) is 0 Å². The summed E-state index contributed by atoms with van der Waals surface area (Å²) in [6.07, 6.45) is 0.588. The first kappa shape index (κ1) is 17.6. The number of hydrogen-bond donors (Lipinski definition) is 1. The molecule has 0 bridgehead atoms. The molecule has 1 amide bonds. The highest BCUT2D eigenvalue weighted by Gasteiger charge is 2.19. The third-order valence-electron chi connectivity index (χ3n) is 3.88. The van der Waals surface area contributed by atoms with E-state index in [0.29, 0.717) is 29.6 Å². The SMILES string of the molecule is COCc1c(C(=O)NCCc2ccc(F)c(Br)c2)oc2ccccc12. The maximum Gasteiger partial charge on any atom is 0.287 e. The summed E-state index contributed by atoms with van der Waals surface area (Å²) in [4.78, 5) is 12.5. The van der Waals surface area contributed by atoms with Gasteiger partial charge in [-0.05, 0) is 46.1 Å². The molecule has 1 aromatic heterocycles. The zero-order chi connectivity index (χ0) is 17.8. The van der Waals surface area contributed by atoms with Gasteiger partial charge in [-0.15, -0.1) is 0 Å². The summed E-state index contributed by atoms with van der Waals surface area (Å²) >= 11 is 3.16. The molecule has 0 aliphatic rings. The zero-order valence-corrected chi connectivity index (χ0v) is 15.2. The average Bonchev–Trinajstić information content (AvgIpc) is 2.97. The van der Waals surface area contributed by atoms with E-state index in [0.717, 1.165) is 16.5 Å². The second kappa shape index (κ2) is 7.80. The maximum atomic E-state index is 13.2. The fourth-order valence-corrected chi connectivity index (χ4v) is 3.09. The molecule has 0 aliphatic carbocycles. The van der Waals surface area contributed by atoms with Crippen LogP contribution in [0.15, 0.2) is 51.4 Å². The molecule has 0 unspecified atom stereocenters. The average molecular weight is 406 g/mol. The fourth-order valence-electron chi connectivity index (χ4n) is 2.67. The first-order chi connectivity index (χ1) is 12.1. The van der Waals surface area contributed by atoms with E-state index in [1.807, 2.05) is 24.3 Å². The Morgan fingerprint density at radius 1 is 1.28 bits per heavy atom. The number of fused-ring (bicyclic) bond motifs is 1. The first-order valence-corrected chi connectivity index (χ1v) is 8.61. The van der Waals surface area contributed by atoms with Crippen molar-refractivity contribution in [3.63, 3.8) is 0 Å². The summed E-state index contributed by atoms with van der Waals surface area (Å²) in [6.45, 7) is 0.713. The number of nitrogens with one attached hydrogen (secondary N) is 1. The van der Waals surface area contributed by atoms with E-state index in [2.05, 4.69) is 21.2 Å². The van der Waals surface area contributed by atoms with E-state index in [1.165, 1.54) is 6.07 Å². The van der Waals surface area contributed by atoms with Crippen LogP contribution in [0.2, 0.25) is 0 Å². The fraction of sp³-hybridized carbons (Fsp3) is 0.211. The van der Waals surface area contributed by atoms with Crippen molar-refractivity contribution in [2.45, 2.75) is 13.0 Å². The van der Waals surface area contributed by atoms with Crippen LogP contribution in [-0.4, -0.2) is 19.6 Å². The van der Waals surface area contributed by atoms with Gasteiger partial charge in [0.05, 0.1) is 11.1 Å². The van der Waals surface area contributed by atoms with Crippen molar-refractivity contribution >= 4 is 32.8 Å². The molecule has 0 saturated heterocycles. The molecule has 0 fully saturated rings. The van der Waals surface area contributed by atoms with Crippen LogP contribution in [0.5, 0.6) is 0 Å². The van der Waals surface area contributed by atoms with Crippen LogP contribution in [0.1, 0.15) is 21.7 Å². The summed E-state index contributed by atoms with van der Waals surface area (Å²) < 4.78 is 24.6. The Balaban J connectivity index is 1.71. The Hall–Kier alpha value is -2.18. The zero-order valence-electron chi connectivity index (χ0n) is 13.6. The van der Waals surface area contributed by atoms with Crippen LogP contribution >= 0.6 is 15.9 Å².